The second-order valence-electron chi connectivity index (χ2n) is 5.12. The Balaban J connectivity index is 0. The number of hydrogen-bond donors (Lipinski definition) is 0. The Labute approximate surface area is 86.4 Å². The Kier molecular flexibility index (Phi) is 5.71. The Bertz CT molecular complexity index is 96.2. The van der Waals surface area contributed by atoms with Crippen LogP contribution >= 0.6 is 0 Å². The summed E-state index contributed by atoms with van der Waals surface area (Å²) in [4.78, 5) is 0. The van der Waals surface area contributed by atoms with E-state index in [-0.39, 0.29) is 18.9 Å². The molecule has 0 atom stereocenters. The van der Waals surface area contributed by atoms with Crippen molar-refractivity contribution in [1.29, 1.82) is 0 Å². The summed E-state index contributed by atoms with van der Waals surface area (Å²) in [6, 6.07) is 0. The normalized spacial score (nSPS) is 13.1. The minimum absolute atomic E-state index is 0. The maximum Gasteiger partial charge on any atom is 1.00 e. The molecule has 0 amide bonds. The molecule has 0 radical (unpaired) electrons. The average Bonchev–Trinajstić information content (AvgIpc) is 1.59. The van der Waals surface area contributed by atoms with Crippen molar-refractivity contribution in [1.82, 2.24) is 0 Å². The van der Waals surface area contributed by atoms with Crippen molar-refractivity contribution in [3.8, 4) is 0 Å². The van der Waals surface area contributed by atoms with E-state index in [2.05, 4.69) is 46.2 Å². The third-order valence-corrected chi connectivity index (χ3v) is 11.2. The van der Waals surface area contributed by atoms with E-state index < -0.39 is 16.1 Å². The van der Waals surface area contributed by atoms with Crippen molar-refractivity contribution < 1.29 is 18.9 Å². The van der Waals surface area contributed by atoms with E-state index in [4.69, 9.17) is 0 Å². The van der Waals surface area contributed by atoms with Crippen LogP contribution in [0.25, 0.3) is 0 Å². The molecule has 0 heterocycles. The van der Waals surface area contributed by atoms with Gasteiger partial charge in [0.25, 0.3) is 0 Å². The van der Waals surface area contributed by atoms with E-state index in [1.807, 2.05) is 5.16 Å². The largest absolute Gasteiger partial charge is 1.00 e. The van der Waals surface area contributed by atoms with Gasteiger partial charge in [-0.05, 0) is 0 Å². The summed E-state index contributed by atoms with van der Waals surface area (Å²) >= 11 is 0. The zero-order chi connectivity index (χ0) is 8.58. The maximum atomic E-state index is 2.45. The van der Waals surface area contributed by atoms with Crippen LogP contribution in [0.1, 0.15) is 6.92 Å². The SMILES string of the molecule is C[C-]([Si](C)(C)C)[Si](C)(C)C.[Li+]. The van der Waals surface area contributed by atoms with Crippen LogP contribution in [-0.2, 0) is 0 Å². The van der Waals surface area contributed by atoms with E-state index in [9.17, 15) is 0 Å². The molecule has 11 heavy (non-hydrogen) atoms. The summed E-state index contributed by atoms with van der Waals surface area (Å²) in [5.74, 6) is 0. The van der Waals surface area contributed by atoms with Gasteiger partial charge in [0, 0.05) is 0 Å². The molecule has 0 rings (SSSR count). The van der Waals surface area contributed by atoms with Crippen molar-refractivity contribution in [3.05, 3.63) is 5.16 Å². The molecule has 62 valence electrons. The standard InChI is InChI=1S/C8H21Si2.Li/c1-8(9(2,3)4)10(5,6)7;/h1-7H3;/q-1;+1. The molecular weight excluding hydrogens is 159 g/mol. The van der Waals surface area contributed by atoms with Crippen LogP contribution < -0.4 is 18.9 Å². The minimum atomic E-state index is -0.918. The summed E-state index contributed by atoms with van der Waals surface area (Å²) in [5, 5.41) is 1.85. The van der Waals surface area contributed by atoms with Crippen molar-refractivity contribution in [2.75, 3.05) is 0 Å². The molecule has 0 bridgehead atoms. The van der Waals surface area contributed by atoms with Gasteiger partial charge in [-0.1, -0.05) is 39.3 Å². The summed E-state index contributed by atoms with van der Waals surface area (Å²) in [6.07, 6.45) is 0. The van der Waals surface area contributed by atoms with E-state index in [0.29, 0.717) is 0 Å². The first-order valence-corrected chi connectivity index (χ1v) is 11.0. The van der Waals surface area contributed by atoms with Crippen LogP contribution in [0.2, 0.25) is 39.3 Å². The zero-order valence-electron chi connectivity index (χ0n) is 9.50. The molecule has 0 N–H and O–H groups in total. The Morgan fingerprint density at radius 2 is 0.909 bits per heavy atom. The third kappa shape index (κ3) is 5.30. The molecule has 0 aromatic carbocycles. The van der Waals surface area contributed by atoms with Crippen LogP contribution in [0.3, 0.4) is 0 Å². The quantitative estimate of drug-likeness (QED) is 0.425. The van der Waals surface area contributed by atoms with Gasteiger partial charge in [0.1, 0.15) is 0 Å². The van der Waals surface area contributed by atoms with Gasteiger partial charge in [-0.15, -0.1) is 16.1 Å². The van der Waals surface area contributed by atoms with Crippen molar-refractivity contribution in [3.63, 3.8) is 0 Å². The van der Waals surface area contributed by atoms with Gasteiger partial charge >= 0.3 is 18.9 Å². The van der Waals surface area contributed by atoms with Gasteiger partial charge in [-0.3, -0.25) is 0 Å². The van der Waals surface area contributed by atoms with Crippen LogP contribution in [0.15, 0.2) is 0 Å². The van der Waals surface area contributed by atoms with Gasteiger partial charge < -0.3 is 5.16 Å². The van der Waals surface area contributed by atoms with E-state index >= 15 is 0 Å². The molecule has 3 heteroatoms. The summed E-state index contributed by atoms with van der Waals surface area (Å²) in [5.41, 5.74) is 0. The fourth-order valence-electron chi connectivity index (χ4n) is 1.12. The molecular formula is C8H21LiSi2. The monoisotopic (exact) mass is 180 g/mol. The van der Waals surface area contributed by atoms with Crippen molar-refractivity contribution in [2.24, 2.45) is 0 Å². The Morgan fingerprint density at radius 1 is 0.727 bits per heavy atom. The first-order valence-electron chi connectivity index (χ1n) is 4.00. The predicted molar refractivity (Wildman–Crippen MR) is 55.6 cm³/mol. The molecule has 0 saturated carbocycles. The molecule has 0 aromatic heterocycles. The topological polar surface area (TPSA) is 0 Å². The first kappa shape index (κ1) is 14.5. The minimum Gasteiger partial charge on any atom is -0.315 e. The van der Waals surface area contributed by atoms with Gasteiger partial charge in [-0.2, -0.15) is 6.92 Å². The molecule has 0 nitrogen and oxygen atoms in total. The van der Waals surface area contributed by atoms with Crippen LogP contribution in [-0.4, -0.2) is 16.1 Å². The fourth-order valence-corrected chi connectivity index (χ4v) is 10.1. The summed E-state index contributed by atoms with van der Waals surface area (Å²) in [7, 11) is -1.84. The molecule has 0 fully saturated rings. The van der Waals surface area contributed by atoms with Crippen molar-refractivity contribution >= 4 is 16.1 Å². The van der Waals surface area contributed by atoms with Crippen LogP contribution in [0.4, 0.5) is 0 Å². The third-order valence-electron chi connectivity index (χ3n) is 2.25. The van der Waals surface area contributed by atoms with E-state index in [0.717, 1.165) is 0 Å². The molecule has 0 unspecified atom stereocenters. The Morgan fingerprint density at radius 3 is 0.909 bits per heavy atom. The van der Waals surface area contributed by atoms with Crippen LogP contribution in [0.5, 0.6) is 0 Å². The maximum absolute atomic E-state index is 2.45. The zero-order valence-corrected chi connectivity index (χ0v) is 11.5. The van der Waals surface area contributed by atoms with Gasteiger partial charge in [0.2, 0.25) is 0 Å². The van der Waals surface area contributed by atoms with E-state index in [1.165, 1.54) is 0 Å². The molecule has 0 aliphatic rings. The van der Waals surface area contributed by atoms with Crippen molar-refractivity contribution in [2.45, 2.75) is 46.2 Å². The first-order chi connectivity index (χ1) is 4.15. The number of rotatable bonds is 2. The van der Waals surface area contributed by atoms with Crippen LogP contribution in [0, 0.1) is 5.16 Å². The predicted octanol–water partition coefficient (Wildman–Crippen LogP) is 0.340. The summed E-state index contributed by atoms with van der Waals surface area (Å²) < 4.78 is 0. The van der Waals surface area contributed by atoms with Gasteiger partial charge in [0.15, 0.2) is 0 Å². The van der Waals surface area contributed by atoms with E-state index in [1.54, 1.807) is 0 Å². The van der Waals surface area contributed by atoms with Gasteiger partial charge in [-0.25, -0.2) is 0 Å². The molecule has 0 aliphatic carbocycles. The summed E-state index contributed by atoms with van der Waals surface area (Å²) in [6.45, 7) is 17.0. The molecule has 0 aliphatic heterocycles. The fraction of sp³-hybridized carbons (Fsp3) is 0.875. The average molecular weight is 180 g/mol. The molecule has 0 aromatic rings. The second kappa shape index (κ2) is 4.32. The van der Waals surface area contributed by atoms with Gasteiger partial charge in [0.05, 0.1) is 0 Å². The smallest absolute Gasteiger partial charge is 0.315 e. The number of hydrogen-bond acceptors (Lipinski definition) is 0. The molecule has 0 saturated heterocycles. The molecule has 0 spiro atoms. The Hall–Kier alpha value is 1.03. The second-order valence-corrected chi connectivity index (χ2v) is 16.1.